The van der Waals surface area contributed by atoms with Crippen LogP contribution in [0.1, 0.15) is 30.5 Å². The highest BCUT2D eigenvalue weighted by Gasteiger charge is 2.24. The molecule has 0 amide bonds. The fraction of sp³-hybridized carbons (Fsp3) is 0.304. The standard InChI is InChI=1S/C23H27N5O5S/c1-4-15-6-7-19(31-3)22(8-15)34(29,30)27-23-18-10-20(32-5-2)17(9-21(18)33-26-23)14-28-13-16(11-24)12-25-28/h6-10,12-13H,4-5,11,14,24H2,1-3H3,(H,26,27). The number of nitrogens with two attached hydrogens (primary N) is 1. The number of nitrogens with one attached hydrogen (secondary N) is 1. The maximum absolute atomic E-state index is 13.2. The fourth-order valence-electron chi connectivity index (χ4n) is 3.60. The van der Waals surface area contributed by atoms with Crippen molar-refractivity contribution in [2.45, 2.75) is 38.3 Å². The van der Waals surface area contributed by atoms with Gasteiger partial charge in [-0.1, -0.05) is 18.1 Å². The minimum absolute atomic E-state index is 0.0292. The predicted molar refractivity (Wildman–Crippen MR) is 128 cm³/mol. The molecule has 0 atom stereocenters. The van der Waals surface area contributed by atoms with Gasteiger partial charge < -0.3 is 19.7 Å². The van der Waals surface area contributed by atoms with Gasteiger partial charge in [0, 0.05) is 23.9 Å². The molecule has 10 nitrogen and oxygen atoms in total. The Bertz CT molecular complexity index is 1410. The average Bonchev–Trinajstić information content (AvgIpc) is 3.45. The van der Waals surface area contributed by atoms with E-state index in [-0.39, 0.29) is 16.5 Å². The van der Waals surface area contributed by atoms with Gasteiger partial charge in [-0.15, -0.1) is 0 Å². The monoisotopic (exact) mass is 485 g/mol. The summed E-state index contributed by atoms with van der Waals surface area (Å²) in [5.41, 5.74) is 8.68. The lowest BCUT2D eigenvalue weighted by Gasteiger charge is -2.12. The van der Waals surface area contributed by atoms with Crippen molar-refractivity contribution < 1.29 is 22.4 Å². The quantitative estimate of drug-likeness (QED) is 0.349. The topological polar surface area (TPSA) is 134 Å². The SMILES string of the molecule is CCOc1cc2c(NS(=O)(=O)c3cc(CC)ccc3OC)noc2cc1Cn1cc(CN)cn1. The molecule has 0 aliphatic carbocycles. The molecule has 0 aliphatic heterocycles. The van der Waals surface area contributed by atoms with E-state index in [9.17, 15) is 8.42 Å². The van der Waals surface area contributed by atoms with Gasteiger partial charge in [0.25, 0.3) is 10.0 Å². The van der Waals surface area contributed by atoms with Crippen molar-refractivity contribution >= 4 is 26.8 Å². The van der Waals surface area contributed by atoms with E-state index in [0.717, 1.165) is 16.7 Å². The highest BCUT2D eigenvalue weighted by molar-refractivity contribution is 7.92. The van der Waals surface area contributed by atoms with Crippen LogP contribution in [0.2, 0.25) is 0 Å². The lowest BCUT2D eigenvalue weighted by Crippen LogP contribution is -2.15. The smallest absolute Gasteiger partial charge is 0.266 e. The van der Waals surface area contributed by atoms with Crippen LogP contribution in [0.25, 0.3) is 11.0 Å². The molecule has 180 valence electrons. The van der Waals surface area contributed by atoms with Gasteiger partial charge in [-0.25, -0.2) is 8.42 Å². The Hall–Kier alpha value is -3.57. The van der Waals surface area contributed by atoms with Crippen LogP contribution in [0.3, 0.4) is 0 Å². The third-order valence-corrected chi connectivity index (χ3v) is 6.72. The predicted octanol–water partition coefficient (Wildman–Crippen LogP) is 3.30. The molecule has 4 aromatic rings. The van der Waals surface area contributed by atoms with Crippen molar-refractivity contribution in [1.29, 1.82) is 0 Å². The van der Waals surface area contributed by atoms with Crippen LogP contribution >= 0.6 is 0 Å². The second-order valence-electron chi connectivity index (χ2n) is 7.61. The fourth-order valence-corrected chi connectivity index (χ4v) is 4.83. The number of anilines is 1. The largest absolute Gasteiger partial charge is 0.495 e. The molecule has 0 radical (unpaired) electrons. The van der Waals surface area contributed by atoms with Crippen LogP contribution in [0.4, 0.5) is 5.82 Å². The number of rotatable bonds is 10. The molecule has 0 saturated carbocycles. The first-order chi connectivity index (χ1) is 16.4. The molecule has 2 aromatic carbocycles. The van der Waals surface area contributed by atoms with Crippen molar-refractivity contribution in [2.75, 3.05) is 18.4 Å². The third kappa shape index (κ3) is 4.70. The van der Waals surface area contributed by atoms with Crippen molar-refractivity contribution in [2.24, 2.45) is 5.73 Å². The second-order valence-corrected chi connectivity index (χ2v) is 9.27. The minimum Gasteiger partial charge on any atom is -0.495 e. The summed E-state index contributed by atoms with van der Waals surface area (Å²) in [4.78, 5) is 0.0292. The highest BCUT2D eigenvalue weighted by Crippen LogP contribution is 2.34. The van der Waals surface area contributed by atoms with E-state index in [4.69, 9.17) is 19.7 Å². The van der Waals surface area contributed by atoms with Crippen LogP contribution in [-0.2, 0) is 29.5 Å². The first-order valence-electron chi connectivity index (χ1n) is 10.8. The molecule has 3 N–H and O–H groups in total. The molecule has 2 heterocycles. The number of ether oxygens (including phenoxy) is 2. The number of hydrogen-bond donors (Lipinski definition) is 2. The molecule has 0 saturated heterocycles. The molecule has 0 aliphatic rings. The number of hydrogen-bond acceptors (Lipinski definition) is 8. The highest BCUT2D eigenvalue weighted by atomic mass is 32.2. The summed E-state index contributed by atoms with van der Waals surface area (Å²) >= 11 is 0. The van der Waals surface area contributed by atoms with E-state index in [1.54, 1.807) is 35.1 Å². The van der Waals surface area contributed by atoms with Gasteiger partial charge in [0.05, 0.1) is 31.8 Å². The van der Waals surface area contributed by atoms with Gasteiger partial charge in [0.15, 0.2) is 11.4 Å². The van der Waals surface area contributed by atoms with Crippen LogP contribution < -0.4 is 19.9 Å². The van der Waals surface area contributed by atoms with Crippen LogP contribution in [-0.4, -0.2) is 37.1 Å². The van der Waals surface area contributed by atoms with Crippen molar-refractivity contribution in [3.63, 3.8) is 0 Å². The number of aromatic nitrogens is 3. The zero-order chi connectivity index (χ0) is 24.3. The van der Waals surface area contributed by atoms with Gasteiger partial charge in [-0.2, -0.15) is 5.10 Å². The van der Waals surface area contributed by atoms with Crippen molar-refractivity contribution in [3.8, 4) is 11.5 Å². The third-order valence-electron chi connectivity index (χ3n) is 5.36. The van der Waals surface area contributed by atoms with Crippen molar-refractivity contribution in [3.05, 3.63) is 59.4 Å². The first kappa shape index (κ1) is 23.6. The number of sulfonamides is 1. The molecular weight excluding hydrogens is 458 g/mol. The van der Waals surface area contributed by atoms with Gasteiger partial charge in [0.2, 0.25) is 0 Å². The van der Waals surface area contributed by atoms with Gasteiger partial charge in [0.1, 0.15) is 16.4 Å². The van der Waals surface area contributed by atoms with Gasteiger partial charge in [-0.3, -0.25) is 9.40 Å². The second kappa shape index (κ2) is 9.74. The molecule has 0 bridgehead atoms. The van der Waals surface area contributed by atoms with Crippen LogP contribution in [0, 0.1) is 0 Å². The normalized spacial score (nSPS) is 11.6. The number of fused-ring (bicyclic) bond motifs is 1. The Kier molecular flexibility index (Phi) is 6.75. The van der Waals surface area contributed by atoms with E-state index in [1.165, 1.54) is 7.11 Å². The molecule has 0 spiro atoms. The molecule has 11 heteroatoms. The van der Waals surface area contributed by atoms with Crippen molar-refractivity contribution in [1.82, 2.24) is 14.9 Å². The number of methoxy groups -OCH3 is 1. The summed E-state index contributed by atoms with van der Waals surface area (Å²) in [6, 6.07) is 8.55. The lowest BCUT2D eigenvalue weighted by atomic mass is 10.1. The summed E-state index contributed by atoms with van der Waals surface area (Å²) < 4.78 is 47.3. The zero-order valence-electron chi connectivity index (χ0n) is 19.2. The first-order valence-corrected chi connectivity index (χ1v) is 12.3. The molecule has 34 heavy (non-hydrogen) atoms. The summed E-state index contributed by atoms with van der Waals surface area (Å²) in [6.07, 6.45) is 4.25. The summed E-state index contributed by atoms with van der Waals surface area (Å²) in [7, 11) is -2.57. The summed E-state index contributed by atoms with van der Waals surface area (Å²) in [5.74, 6) is 0.885. The number of nitrogens with zero attached hydrogens (tertiary/aromatic N) is 3. The van der Waals surface area contributed by atoms with E-state index in [2.05, 4.69) is 15.0 Å². The minimum atomic E-state index is -4.00. The summed E-state index contributed by atoms with van der Waals surface area (Å²) in [5, 5.41) is 8.76. The van der Waals surface area contributed by atoms with E-state index >= 15 is 0 Å². The van der Waals surface area contributed by atoms with E-state index < -0.39 is 10.0 Å². The molecule has 4 rings (SSSR count). The molecule has 0 unspecified atom stereocenters. The molecular formula is C23H27N5O5S. The Balaban J connectivity index is 1.71. The number of benzene rings is 2. The Morgan fingerprint density at radius 2 is 1.97 bits per heavy atom. The van der Waals surface area contributed by atoms with E-state index in [0.29, 0.717) is 42.8 Å². The summed E-state index contributed by atoms with van der Waals surface area (Å²) in [6.45, 7) is 5.07. The van der Waals surface area contributed by atoms with Crippen LogP contribution in [0.15, 0.2) is 52.1 Å². The lowest BCUT2D eigenvalue weighted by molar-refractivity contribution is 0.335. The Labute approximate surface area is 197 Å². The average molecular weight is 486 g/mol. The van der Waals surface area contributed by atoms with E-state index in [1.807, 2.05) is 26.1 Å². The van der Waals surface area contributed by atoms with Gasteiger partial charge in [-0.05, 0) is 43.2 Å². The van der Waals surface area contributed by atoms with Gasteiger partial charge >= 0.3 is 0 Å². The molecule has 0 fully saturated rings. The van der Waals surface area contributed by atoms with Crippen LogP contribution in [0.5, 0.6) is 11.5 Å². The Morgan fingerprint density at radius 3 is 2.65 bits per heavy atom. The maximum Gasteiger partial charge on any atom is 0.266 e. The Morgan fingerprint density at radius 1 is 1.15 bits per heavy atom. The molecule has 2 aromatic heterocycles. The zero-order valence-corrected chi connectivity index (χ0v) is 20.1. The maximum atomic E-state index is 13.2. The number of aryl methyl sites for hydroxylation is 1.